The van der Waals surface area contributed by atoms with Crippen molar-refractivity contribution in [3.8, 4) is 11.4 Å². The molecule has 1 aromatic carbocycles. The van der Waals surface area contributed by atoms with E-state index in [1.807, 2.05) is 41.1 Å². The second kappa shape index (κ2) is 6.09. The van der Waals surface area contributed by atoms with Crippen molar-refractivity contribution < 1.29 is 4.79 Å². The fraction of sp³-hybridized carbons (Fsp3) is 0.167. The Bertz CT molecular complexity index is 877. The van der Waals surface area contributed by atoms with Crippen LogP contribution in [-0.2, 0) is 4.79 Å². The number of pyridine rings is 1. The monoisotopic (exact) mass is 338 g/mol. The van der Waals surface area contributed by atoms with Crippen molar-refractivity contribution in [3.05, 3.63) is 66.2 Å². The standard InChI is InChI=1S/C18H15ClN4O/c19-15-5-1-2-6-16(15)23-12-14(10-17(23)24)22-9-8-21-18(22)13-4-3-7-20-11-13/h1-9,11,14H,10,12H2/t14-/m1/s1. The van der Waals surface area contributed by atoms with Crippen molar-refractivity contribution in [2.75, 3.05) is 11.4 Å². The molecule has 1 aliphatic rings. The Balaban J connectivity index is 1.65. The van der Waals surface area contributed by atoms with Gasteiger partial charge >= 0.3 is 0 Å². The highest BCUT2D eigenvalue weighted by Gasteiger charge is 2.33. The van der Waals surface area contributed by atoms with Gasteiger partial charge in [-0.3, -0.25) is 9.78 Å². The SMILES string of the molecule is O=C1C[C@@H](n2ccnc2-c2cccnc2)CN1c1ccccc1Cl. The zero-order valence-electron chi connectivity index (χ0n) is 12.8. The first kappa shape index (κ1) is 14.9. The fourth-order valence-electron chi connectivity index (χ4n) is 3.10. The minimum absolute atomic E-state index is 0.0199. The maximum atomic E-state index is 12.5. The van der Waals surface area contributed by atoms with Crippen LogP contribution in [0.25, 0.3) is 11.4 Å². The van der Waals surface area contributed by atoms with Crippen molar-refractivity contribution in [1.82, 2.24) is 14.5 Å². The first-order valence-electron chi connectivity index (χ1n) is 7.72. The van der Waals surface area contributed by atoms with Crippen LogP contribution in [-0.4, -0.2) is 27.0 Å². The molecule has 1 aliphatic heterocycles. The predicted octanol–water partition coefficient (Wildman–Crippen LogP) is 3.58. The second-order valence-corrected chi connectivity index (χ2v) is 6.12. The van der Waals surface area contributed by atoms with Gasteiger partial charge in [0.15, 0.2) is 0 Å². The van der Waals surface area contributed by atoms with E-state index >= 15 is 0 Å². The Morgan fingerprint density at radius 2 is 2.00 bits per heavy atom. The molecule has 1 amide bonds. The Labute approximate surface area is 144 Å². The van der Waals surface area contributed by atoms with E-state index in [1.165, 1.54) is 0 Å². The van der Waals surface area contributed by atoms with E-state index in [1.54, 1.807) is 29.6 Å². The van der Waals surface area contributed by atoms with Crippen molar-refractivity contribution >= 4 is 23.2 Å². The van der Waals surface area contributed by atoms with E-state index in [4.69, 9.17) is 11.6 Å². The molecule has 2 aromatic heterocycles. The van der Waals surface area contributed by atoms with Gasteiger partial charge < -0.3 is 9.47 Å². The van der Waals surface area contributed by atoms with Crippen molar-refractivity contribution in [2.24, 2.45) is 0 Å². The predicted molar refractivity (Wildman–Crippen MR) is 92.9 cm³/mol. The highest BCUT2D eigenvalue weighted by Crippen LogP contribution is 2.34. The first-order valence-corrected chi connectivity index (χ1v) is 8.10. The number of carbonyl (C=O) groups excluding carboxylic acids is 1. The molecule has 0 bridgehead atoms. The molecule has 0 radical (unpaired) electrons. The molecule has 5 nitrogen and oxygen atoms in total. The molecule has 3 aromatic rings. The van der Waals surface area contributed by atoms with E-state index in [0.717, 1.165) is 17.1 Å². The number of aromatic nitrogens is 3. The highest BCUT2D eigenvalue weighted by atomic mass is 35.5. The number of anilines is 1. The lowest BCUT2D eigenvalue weighted by molar-refractivity contribution is -0.117. The van der Waals surface area contributed by atoms with Gasteiger partial charge in [-0.1, -0.05) is 23.7 Å². The minimum atomic E-state index is 0.0199. The van der Waals surface area contributed by atoms with Crippen molar-refractivity contribution in [2.45, 2.75) is 12.5 Å². The topological polar surface area (TPSA) is 51.0 Å². The lowest BCUT2D eigenvalue weighted by Crippen LogP contribution is -2.25. The number of rotatable bonds is 3. The lowest BCUT2D eigenvalue weighted by Gasteiger charge is -2.19. The van der Waals surface area contributed by atoms with Crippen LogP contribution in [0.4, 0.5) is 5.69 Å². The van der Waals surface area contributed by atoms with Crippen LogP contribution in [0.1, 0.15) is 12.5 Å². The largest absolute Gasteiger partial charge is 0.326 e. The normalized spacial score (nSPS) is 17.5. The molecule has 1 atom stereocenters. The first-order chi connectivity index (χ1) is 11.7. The van der Waals surface area contributed by atoms with Gasteiger partial charge in [-0.25, -0.2) is 4.98 Å². The third kappa shape index (κ3) is 2.57. The number of hydrogen-bond donors (Lipinski definition) is 0. The summed E-state index contributed by atoms with van der Waals surface area (Å²) >= 11 is 6.25. The van der Waals surface area contributed by atoms with E-state index in [2.05, 4.69) is 9.97 Å². The summed E-state index contributed by atoms with van der Waals surface area (Å²) < 4.78 is 2.05. The molecule has 0 aliphatic carbocycles. The molecule has 3 heterocycles. The molecule has 0 N–H and O–H groups in total. The quantitative estimate of drug-likeness (QED) is 0.733. The summed E-state index contributed by atoms with van der Waals surface area (Å²) in [4.78, 5) is 22.8. The number of para-hydroxylation sites is 1. The third-order valence-electron chi connectivity index (χ3n) is 4.23. The Hall–Kier alpha value is -2.66. The number of amides is 1. The molecule has 24 heavy (non-hydrogen) atoms. The number of benzene rings is 1. The van der Waals surface area contributed by atoms with Gasteiger partial charge in [-0.05, 0) is 24.3 Å². The van der Waals surface area contributed by atoms with Crippen LogP contribution >= 0.6 is 11.6 Å². The molecule has 0 saturated carbocycles. The van der Waals surface area contributed by atoms with Crippen molar-refractivity contribution in [1.29, 1.82) is 0 Å². The van der Waals surface area contributed by atoms with Gasteiger partial charge in [-0.15, -0.1) is 0 Å². The van der Waals surface area contributed by atoms with Gasteiger partial charge in [0.05, 0.1) is 16.8 Å². The maximum Gasteiger partial charge on any atom is 0.229 e. The number of nitrogens with zero attached hydrogens (tertiary/aromatic N) is 4. The summed E-state index contributed by atoms with van der Waals surface area (Å²) in [5.74, 6) is 0.890. The molecule has 4 rings (SSSR count). The van der Waals surface area contributed by atoms with Crippen LogP contribution < -0.4 is 4.90 Å². The summed E-state index contributed by atoms with van der Waals surface area (Å²) in [6.45, 7) is 0.576. The lowest BCUT2D eigenvalue weighted by atomic mass is 10.2. The molecule has 0 unspecified atom stereocenters. The molecule has 1 saturated heterocycles. The average Bonchev–Trinajstić information content (AvgIpc) is 3.23. The fourth-order valence-corrected chi connectivity index (χ4v) is 3.34. The van der Waals surface area contributed by atoms with Gasteiger partial charge in [0.25, 0.3) is 0 Å². The van der Waals surface area contributed by atoms with E-state index in [-0.39, 0.29) is 11.9 Å². The summed E-state index contributed by atoms with van der Waals surface area (Å²) in [7, 11) is 0. The zero-order valence-corrected chi connectivity index (χ0v) is 13.6. The van der Waals surface area contributed by atoms with Crippen LogP contribution in [0.15, 0.2) is 61.2 Å². The van der Waals surface area contributed by atoms with E-state index < -0.39 is 0 Å². The molecular weight excluding hydrogens is 324 g/mol. The van der Waals surface area contributed by atoms with E-state index in [0.29, 0.717) is 18.0 Å². The van der Waals surface area contributed by atoms with Crippen LogP contribution in [0.3, 0.4) is 0 Å². The van der Waals surface area contributed by atoms with Crippen LogP contribution in [0, 0.1) is 0 Å². The second-order valence-electron chi connectivity index (χ2n) is 5.71. The zero-order chi connectivity index (χ0) is 16.5. The van der Waals surface area contributed by atoms with Crippen molar-refractivity contribution in [3.63, 3.8) is 0 Å². The minimum Gasteiger partial charge on any atom is -0.326 e. The highest BCUT2D eigenvalue weighted by molar-refractivity contribution is 6.33. The Morgan fingerprint density at radius 3 is 2.79 bits per heavy atom. The number of halogens is 1. The molecule has 6 heteroatoms. The molecule has 0 spiro atoms. The number of carbonyl (C=O) groups is 1. The summed E-state index contributed by atoms with van der Waals surface area (Å²) in [5.41, 5.74) is 1.70. The van der Waals surface area contributed by atoms with Gasteiger partial charge in [0.1, 0.15) is 5.82 Å². The Morgan fingerprint density at radius 1 is 1.12 bits per heavy atom. The van der Waals surface area contributed by atoms with Gasteiger partial charge in [-0.2, -0.15) is 0 Å². The third-order valence-corrected chi connectivity index (χ3v) is 4.55. The summed E-state index contributed by atoms with van der Waals surface area (Å²) in [6, 6.07) is 11.3. The van der Waals surface area contributed by atoms with Gasteiger partial charge in [0.2, 0.25) is 5.91 Å². The smallest absolute Gasteiger partial charge is 0.229 e. The van der Waals surface area contributed by atoms with Crippen LogP contribution in [0.5, 0.6) is 0 Å². The number of imidazole rings is 1. The molecule has 1 fully saturated rings. The average molecular weight is 339 g/mol. The molecule has 120 valence electrons. The summed E-state index contributed by atoms with van der Waals surface area (Å²) in [6.07, 6.45) is 7.60. The number of hydrogen-bond acceptors (Lipinski definition) is 3. The molecular formula is C18H15ClN4O. The maximum absolute atomic E-state index is 12.5. The summed E-state index contributed by atoms with van der Waals surface area (Å²) in [5, 5.41) is 0.588. The van der Waals surface area contributed by atoms with Gasteiger partial charge in [0, 0.05) is 43.3 Å². The van der Waals surface area contributed by atoms with Crippen LogP contribution in [0.2, 0.25) is 5.02 Å². The Kier molecular flexibility index (Phi) is 3.78. The van der Waals surface area contributed by atoms with E-state index in [9.17, 15) is 4.79 Å².